The van der Waals surface area contributed by atoms with Gasteiger partial charge in [0.25, 0.3) is 0 Å². The molecule has 1 aliphatic carbocycles. The number of hydrogen-bond acceptors (Lipinski definition) is 4. The molecule has 0 amide bonds. The summed E-state index contributed by atoms with van der Waals surface area (Å²) in [6.07, 6.45) is 0. The van der Waals surface area contributed by atoms with Crippen molar-refractivity contribution in [2.24, 2.45) is 0 Å². The third-order valence-electron chi connectivity index (χ3n) is 10.9. The van der Waals surface area contributed by atoms with Crippen molar-refractivity contribution < 1.29 is 0 Å². The van der Waals surface area contributed by atoms with Crippen LogP contribution >= 0.6 is 0 Å². The van der Waals surface area contributed by atoms with Crippen LogP contribution in [0.2, 0.25) is 0 Å². The molecule has 9 aromatic rings. The molecule has 0 saturated heterocycles. The Morgan fingerprint density at radius 3 is 1.65 bits per heavy atom. The first kappa shape index (κ1) is 32.6. The third kappa shape index (κ3) is 5.71. The summed E-state index contributed by atoms with van der Waals surface area (Å²) in [5.74, 6) is 1.44. The zero-order chi connectivity index (χ0) is 36.9. The van der Waals surface area contributed by atoms with E-state index in [2.05, 4.69) is 147 Å². The van der Waals surface area contributed by atoms with Crippen LogP contribution in [0.3, 0.4) is 0 Å². The van der Waals surface area contributed by atoms with Gasteiger partial charge in [-0.05, 0) is 57.6 Å². The van der Waals surface area contributed by atoms with Crippen molar-refractivity contribution >= 4 is 10.9 Å². The summed E-state index contributed by atoms with van der Waals surface area (Å²) in [6, 6.07) is 63.5. The lowest BCUT2D eigenvalue weighted by Crippen LogP contribution is -2.15. The van der Waals surface area contributed by atoms with Crippen molar-refractivity contribution in [1.82, 2.24) is 19.9 Å². The van der Waals surface area contributed by atoms with E-state index in [1.165, 1.54) is 22.3 Å². The highest BCUT2D eigenvalue weighted by Gasteiger charge is 2.37. The Kier molecular flexibility index (Phi) is 7.77. The van der Waals surface area contributed by atoms with E-state index in [0.717, 1.165) is 72.8 Å². The molecule has 0 unspecified atom stereocenters. The van der Waals surface area contributed by atoms with Crippen molar-refractivity contribution in [1.29, 1.82) is 0 Å². The van der Waals surface area contributed by atoms with Gasteiger partial charge in [0.1, 0.15) is 0 Å². The van der Waals surface area contributed by atoms with Crippen LogP contribution in [0.1, 0.15) is 25.0 Å². The predicted molar refractivity (Wildman–Crippen MR) is 225 cm³/mol. The highest BCUT2D eigenvalue weighted by molar-refractivity contribution is 5.97. The van der Waals surface area contributed by atoms with Gasteiger partial charge >= 0.3 is 0 Å². The van der Waals surface area contributed by atoms with E-state index in [4.69, 9.17) is 19.9 Å². The van der Waals surface area contributed by atoms with Crippen LogP contribution < -0.4 is 0 Å². The Morgan fingerprint density at radius 1 is 0.364 bits per heavy atom. The van der Waals surface area contributed by atoms with Crippen molar-refractivity contribution in [3.05, 3.63) is 193 Å². The minimum atomic E-state index is -0.231. The van der Waals surface area contributed by atoms with Crippen LogP contribution in [0.25, 0.3) is 89.7 Å². The number of fused-ring (bicyclic) bond motifs is 4. The number of hydrogen-bond donors (Lipinski definition) is 0. The molecule has 2 aromatic heterocycles. The van der Waals surface area contributed by atoms with E-state index in [1.807, 2.05) is 48.5 Å². The largest absolute Gasteiger partial charge is 0.228 e. The second-order valence-electron chi connectivity index (χ2n) is 14.7. The molecule has 0 bridgehead atoms. The lowest BCUT2D eigenvalue weighted by atomic mass is 9.81. The normalized spacial score (nSPS) is 12.7. The molecule has 0 atom stereocenters. The van der Waals surface area contributed by atoms with Gasteiger partial charge in [0, 0.05) is 38.6 Å². The number of rotatable bonds is 6. The molecule has 0 spiro atoms. The van der Waals surface area contributed by atoms with Crippen molar-refractivity contribution in [2.45, 2.75) is 19.3 Å². The molecule has 7 aromatic carbocycles. The fourth-order valence-electron chi connectivity index (χ4n) is 8.09. The predicted octanol–water partition coefficient (Wildman–Crippen LogP) is 12.7. The maximum Gasteiger partial charge on any atom is 0.161 e. The zero-order valence-electron chi connectivity index (χ0n) is 30.6. The Balaban J connectivity index is 1.08. The van der Waals surface area contributed by atoms with Crippen LogP contribution in [0.15, 0.2) is 182 Å². The number of para-hydroxylation sites is 1. The smallest absolute Gasteiger partial charge is 0.161 e. The summed E-state index contributed by atoms with van der Waals surface area (Å²) in [7, 11) is 0. The summed E-state index contributed by atoms with van der Waals surface area (Å²) < 4.78 is 0. The molecule has 0 fully saturated rings. The molecule has 55 heavy (non-hydrogen) atoms. The second kappa shape index (κ2) is 13.1. The monoisotopic (exact) mass is 704 g/mol. The maximum atomic E-state index is 5.27. The molecule has 10 rings (SSSR count). The van der Waals surface area contributed by atoms with Crippen molar-refractivity contribution in [3.8, 4) is 78.8 Å². The zero-order valence-corrected chi connectivity index (χ0v) is 30.6. The lowest BCUT2D eigenvalue weighted by Gasteiger charge is -2.22. The molecule has 0 N–H and O–H groups in total. The van der Waals surface area contributed by atoms with Gasteiger partial charge in [-0.15, -0.1) is 0 Å². The van der Waals surface area contributed by atoms with E-state index in [-0.39, 0.29) is 5.41 Å². The number of nitrogens with zero attached hydrogens (tertiary/aromatic N) is 4. The van der Waals surface area contributed by atoms with E-state index >= 15 is 0 Å². The molecule has 4 nitrogen and oxygen atoms in total. The molecular formula is C51H36N4. The van der Waals surface area contributed by atoms with Crippen LogP contribution in [-0.4, -0.2) is 19.9 Å². The van der Waals surface area contributed by atoms with E-state index in [9.17, 15) is 0 Å². The van der Waals surface area contributed by atoms with E-state index in [0.29, 0.717) is 5.82 Å². The number of aromatic nitrogens is 4. The average Bonchev–Trinajstić information content (AvgIpc) is 3.49. The Hall–Kier alpha value is -7.04. The van der Waals surface area contributed by atoms with Crippen LogP contribution in [-0.2, 0) is 5.41 Å². The van der Waals surface area contributed by atoms with Crippen LogP contribution in [0.4, 0.5) is 0 Å². The van der Waals surface area contributed by atoms with Crippen LogP contribution in [0.5, 0.6) is 0 Å². The highest BCUT2D eigenvalue weighted by Crippen LogP contribution is 2.53. The van der Waals surface area contributed by atoms with Gasteiger partial charge in [0.2, 0.25) is 0 Å². The molecule has 260 valence electrons. The first-order valence-corrected chi connectivity index (χ1v) is 18.7. The molecule has 1 aliphatic rings. The standard InChI is InChI=1S/C51H36N4/c1-51(2)42-26-15-25-41(50-52-44-27-13-12-24-40(44)48(55-50)35-20-10-5-11-21-35)47(42)39-29-28-37(31-43(39)51)36-22-14-23-38(30-36)49-53-45(33-16-6-3-7-17-33)32-46(54-49)34-18-8-4-9-19-34/h3-32H,1-2H3. The first-order chi connectivity index (χ1) is 27.0. The Labute approximate surface area is 320 Å². The van der Waals surface area contributed by atoms with Gasteiger partial charge in [-0.1, -0.05) is 172 Å². The summed E-state index contributed by atoms with van der Waals surface area (Å²) in [5.41, 5.74) is 15.9. The highest BCUT2D eigenvalue weighted by atomic mass is 14.9. The molecule has 0 aliphatic heterocycles. The fourth-order valence-corrected chi connectivity index (χ4v) is 8.09. The third-order valence-corrected chi connectivity index (χ3v) is 10.9. The summed E-state index contributed by atoms with van der Waals surface area (Å²) in [5, 5.41) is 1.05. The van der Waals surface area contributed by atoms with E-state index in [1.54, 1.807) is 0 Å². The van der Waals surface area contributed by atoms with Gasteiger partial charge in [-0.25, -0.2) is 19.9 Å². The van der Waals surface area contributed by atoms with Gasteiger partial charge in [0.15, 0.2) is 11.6 Å². The fraction of sp³-hybridized carbons (Fsp3) is 0.0588. The molecular weight excluding hydrogens is 669 g/mol. The molecule has 0 saturated carbocycles. The number of benzene rings is 7. The van der Waals surface area contributed by atoms with Gasteiger partial charge in [0.05, 0.1) is 22.6 Å². The molecule has 2 heterocycles. The van der Waals surface area contributed by atoms with Crippen LogP contribution in [0, 0.1) is 0 Å². The van der Waals surface area contributed by atoms with Crippen molar-refractivity contribution in [3.63, 3.8) is 0 Å². The lowest BCUT2D eigenvalue weighted by molar-refractivity contribution is 0.660. The van der Waals surface area contributed by atoms with Gasteiger partial charge in [-0.3, -0.25) is 0 Å². The minimum Gasteiger partial charge on any atom is -0.228 e. The minimum absolute atomic E-state index is 0.231. The van der Waals surface area contributed by atoms with Crippen molar-refractivity contribution in [2.75, 3.05) is 0 Å². The first-order valence-electron chi connectivity index (χ1n) is 18.7. The second-order valence-corrected chi connectivity index (χ2v) is 14.7. The Morgan fingerprint density at radius 2 is 0.945 bits per heavy atom. The quantitative estimate of drug-likeness (QED) is 0.173. The molecule has 4 heteroatoms. The summed E-state index contributed by atoms with van der Waals surface area (Å²) in [6.45, 7) is 4.65. The average molecular weight is 705 g/mol. The molecule has 0 radical (unpaired) electrons. The SMILES string of the molecule is CC1(C)c2cc(-c3cccc(-c4nc(-c5ccccc5)cc(-c5ccccc5)n4)c3)ccc2-c2c(-c3nc(-c4ccccc4)c4ccccc4n3)cccc21. The topological polar surface area (TPSA) is 51.6 Å². The van der Waals surface area contributed by atoms with Gasteiger partial charge in [-0.2, -0.15) is 0 Å². The van der Waals surface area contributed by atoms with Gasteiger partial charge < -0.3 is 0 Å². The maximum absolute atomic E-state index is 5.27. The van der Waals surface area contributed by atoms with E-state index < -0.39 is 0 Å². The summed E-state index contributed by atoms with van der Waals surface area (Å²) in [4.78, 5) is 20.6. The summed E-state index contributed by atoms with van der Waals surface area (Å²) >= 11 is 0. The Bertz CT molecular complexity index is 2820.